The van der Waals surface area contributed by atoms with Gasteiger partial charge in [0.1, 0.15) is 0 Å². The lowest BCUT2D eigenvalue weighted by molar-refractivity contribution is 0.0598. The van der Waals surface area contributed by atoms with Crippen LogP contribution in [0.5, 0.6) is 0 Å². The average molecular weight is 604 g/mol. The summed E-state index contributed by atoms with van der Waals surface area (Å²) in [4.78, 5) is 30.6. The maximum absolute atomic E-state index is 13.6. The number of rotatable bonds is 6. The third kappa shape index (κ3) is 7.13. The fourth-order valence-corrected chi connectivity index (χ4v) is 5.76. The van der Waals surface area contributed by atoms with Crippen LogP contribution in [0.25, 0.3) is 0 Å². The van der Waals surface area contributed by atoms with Gasteiger partial charge in [0, 0.05) is 41.8 Å². The zero-order chi connectivity index (χ0) is 28.8. The van der Waals surface area contributed by atoms with Gasteiger partial charge in [0.25, 0.3) is 11.8 Å². The standard InChI is InChI=1S/C32H28Cl2N4O2S/c33-25-19-24(20-26(34)21-25)30(39)36-32(41)35-28-14-8-7-13-27(28)31(40)38-17-15-37(16-18-38)29(22-9-3-1-4-10-22)23-11-5-2-6-12-23/h1-14,19-21,29H,15-18H2,(H2,35,36,39,41). The van der Waals surface area contributed by atoms with E-state index in [2.05, 4.69) is 64.1 Å². The summed E-state index contributed by atoms with van der Waals surface area (Å²) in [7, 11) is 0. The molecule has 0 radical (unpaired) electrons. The molecule has 0 aromatic heterocycles. The van der Waals surface area contributed by atoms with Crippen LogP contribution >= 0.6 is 35.4 Å². The van der Waals surface area contributed by atoms with Crippen LogP contribution in [0.1, 0.15) is 37.9 Å². The van der Waals surface area contributed by atoms with Gasteiger partial charge in [-0.2, -0.15) is 0 Å². The number of nitrogens with zero attached hydrogens (tertiary/aromatic N) is 2. The topological polar surface area (TPSA) is 64.7 Å². The molecule has 0 atom stereocenters. The third-order valence-corrected chi connectivity index (χ3v) is 7.60. The summed E-state index contributed by atoms with van der Waals surface area (Å²) in [5.41, 5.74) is 3.72. The molecule has 0 unspecified atom stereocenters. The minimum atomic E-state index is -0.460. The van der Waals surface area contributed by atoms with Crippen molar-refractivity contribution in [2.24, 2.45) is 0 Å². The van der Waals surface area contributed by atoms with Gasteiger partial charge >= 0.3 is 0 Å². The Morgan fingerprint density at radius 3 is 1.85 bits per heavy atom. The number of thiocarbonyl (C=S) groups is 1. The van der Waals surface area contributed by atoms with Gasteiger partial charge in [-0.25, -0.2) is 0 Å². The number of hydrogen-bond acceptors (Lipinski definition) is 4. The van der Waals surface area contributed by atoms with E-state index in [0.717, 1.165) is 13.1 Å². The summed E-state index contributed by atoms with van der Waals surface area (Å²) in [5, 5.41) is 6.38. The molecule has 0 spiro atoms. The SMILES string of the molecule is O=C(NC(=S)Nc1ccccc1C(=O)N1CCN(C(c2ccccc2)c2ccccc2)CC1)c1cc(Cl)cc(Cl)c1. The van der Waals surface area contributed by atoms with Crippen molar-refractivity contribution in [1.29, 1.82) is 0 Å². The van der Waals surface area contributed by atoms with E-state index < -0.39 is 5.91 Å². The highest BCUT2D eigenvalue weighted by atomic mass is 35.5. The lowest BCUT2D eigenvalue weighted by Crippen LogP contribution is -2.50. The second-order valence-corrected chi connectivity index (χ2v) is 10.9. The van der Waals surface area contributed by atoms with Crippen LogP contribution in [0, 0.1) is 0 Å². The number of carbonyl (C=O) groups excluding carboxylic acids is 2. The maximum Gasteiger partial charge on any atom is 0.257 e. The highest BCUT2D eigenvalue weighted by molar-refractivity contribution is 7.80. The van der Waals surface area contributed by atoms with Gasteiger partial charge in [-0.15, -0.1) is 0 Å². The van der Waals surface area contributed by atoms with Gasteiger partial charge in [-0.3, -0.25) is 19.8 Å². The number of hydrogen-bond donors (Lipinski definition) is 2. The molecule has 9 heteroatoms. The van der Waals surface area contributed by atoms with Crippen LogP contribution in [0.3, 0.4) is 0 Å². The van der Waals surface area contributed by atoms with Gasteiger partial charge in [0.05, 0.1) is 17.3 Å². The monoisotopic (exact) mass is 602 g/mol. The van der Waals surface area contributed by atoms with Crippen molar-refractivity contribution in [3.05, 3.63) is 135 Å². The molecule has 1 heterocycles. The Hall–Kier alpha value is -3.75. The number of para-hydroxylation sites is 1. The molecule has 2 N–H and O–H groups in total. The molecule has 0 aliphatic carbocycles. The van der Waals surface area contributed by atoms with Crippen molar-refractivity contribution in [2.75, 3.05) is 31.5 Å². The summed E-state index contributed by atoms with van der Waals surface area (Å²) < 4.78 is 0. The van der Waals surface area contributed by atoms with Crippen LogP contribution in [0.15, 0.2) is 103 Å². The molecule has 6 nitrogen and oxygen atoms in total. The van der Waals surface area contributed by atoms with Crippen molar-refractivity contribution in [3.8, 4) is 0 Å². The first kappa shape index (κ1) is 28.8. The molecular weight excluding hydrogens is 575 g/mol. The van der Waals surface area contributed by atoms with Gasteiger partial charge in [-0.1, -0.05) is 96.0 Å². The number of piperazine rings is 1. The summed E-state index contributed by atoms with van der Waals surface area (Å²) in [6.45, 7) is 2.62. The number of anilines is 1. The predicted molar refractivity (Wildman–Crippen MR) is 169 cm³/mol. The largest absolute Gasteiger partial charge is 0.336 e. The van der Waals surface area contributed by atoms with E-state index in [1.165, 1.54) is 23.3 Å². The minimum Gasteiger partial charge on any atom is -0.336 e. The van der Waals surface area contributed by atoms with E-state index in [1.807, 2.05) is 29.2 Å². The Kier molecular flexibility index (Phi) is 9.31. The molecule has 1 saturated heterocycles. The number of carbonyl (C=O) groups is 2. The first-order valence-corrected chi connectivity index (χ1v) is 14.4. The first-order chi connectivity index (χ1) is 19.9. The van der Waals surface area contributed by atoms with Crippen molar-refractivity contribution in [1.82, 2.24) is 15.1 Å². The quantitative estimate of drug-likeness (QED) is 0.241. The number of nitrogens with one attached hydrogen (secondary N) is 2. The van der Waals surface area contributed by atoms with E-state index in [9.17, 15) is 9.59 Å². The normalized spacial score (nSPS) is 13.6. The highest BCUT2D eigenvalue weighted by Crippen LogP contribution is 2.30. The van der Waals surface area contributed by atoms with Crippen molar-refractivity contribution >= 4 is 58.0 Å². The molecule has 4 aromatic rings. The number of amides is 2. The van der Waals surface area contributed by atoms with Crippen LogP contribution in [-0.2, 0) is 0 Å². The summed E-state index contributed by atoms with van der Waals surface area (Å²) in [6.07, 6.45) is 0. The second kappa shape index (κ2) is 13.3. The molecule has 41 heavy (non-hydrogen) atoms. The second-order valence-electron chi connectivity index (χ2n) is 9.66. The van der Waals surface area contributed by atoms with Crippen molar-refractivity contribution in [3.63, 3.8) is 0 Å². The van der Waals surface area contributed by atoms with Gasteiger partial charge in [0.2, 0.25) is 0 Å². The minimum absolute atomic E-state index is 0.0599. The molecule has 0 saturated carbocycles. The van der Waals surface area contributed by atoms with E-state index >= 15 is 0 Å². The van der Waals surface area contributed by atoms with E-state index in [0.29, 0.717) is 34.4 Å². The highest BCUT2D eigenvalue weighted by Gasteiger charge is 2.29. The van der Waals surface area contributed by atoms with Crippen molar-refractivity contribution < 1.29 is 9.59 Å². The summed E-state index contributed by atoms with van der Waals surface area (Å²) >= 11 is 17.4. The zero-order valence-corrected chi connectivity index (χ0v) is 24.4. The predicted octanol–water partition coefficient (Wildman–Crippen LogP) is 6.67. The molecule has 208 valence electrons. The molecule has 4 aromatic carbocycles. The zero-order valence-electron chi connectivity index (χ0n) is 22.1. The average Bonchev–Trinajstić information content (AvgIpc) is 2.98. The van der Waals surface area contributed by atoms with Crippen LogP contribution in [0.2, 0.25) is 10.0 Å². The smallest absolute Gasteiger partial charge is 0.257 e. The lowest BCUT2D eigenvalue weighted by Gasteiger charge is -2.40. The van der Waals surface area contributed by atoms with Gasteiger partial charge < -0.3 is 10.2 Å². The molecular formula is C32H28Cl2N4O2S. The van der Waals surface area contributed by atoms with Crippen LogP contribution in [0.4, 0.5) is 5.69 Å². The first-order valence-electron chi connectivity index (χ1n) is 13.2. The van der Waals surface area contributed by atoms with E-state index in [4.69, 9.17) is 35.4 Å². The fourth-order valence-electron chi connectivity index (χ4n) is 5.03. The maximum atomic E-state index is 13.6. The lowest BCUT2D eigenvalue weighted by atomic mass is 9.96. The van der Waals surface area contributed by atoms with Crippen molar-refractivity contribution in [2.45, 2.75) is 6.04 Å². The number of halogens is 2. The molecule has 0 bridgehead atoms. The van der Waals surface area contributed by atoms with E-state index in [1.54, 1.807) is 18.2 Å². The van der Waals surface area contributed by atoms with Crippen LogP contribution < -0.4 is 10.6 Å². The Morgan fingerprint density at radius 1 is 0.732 bits per heavy atom. The Morgan fingerprint density at radius 2 is 1.27 bits per heavy atom. The van der Waals surface area contributed by atoms with E-state index in [-0.39, 0.29) is 22.6 Å². The van der Waals surface area contributed by atoms with Crippen LogP contribution in [-0.4, -0.2) is 52.9 Å². The molecule has 1 fully saturated rings. The molecule has 5 rings (SSSR count). The Bertz CT molecular complexity index is 1480. The molecule has 2 amide bonds. The summed E-state index contributed by atoms with van der Waals surface area (Å²) in [6, 6.07) is 32.7. The molecule has 1 aliphatic heterocycles. The Balaban J connectivity index is 1.25. The third-order valence-electron chi connectivity index (χ3n) is 6.95. The fraction of sp³-hybridized carbons (Fsp3) is 0.156. The molecule has 1 aliphatic rings. The summed E-state index contributed by atoms with van der Waals surface area (Å²) in [5.74, 6) is -0.558. The Labute approximate surface area is 254 Å². The number of benzene rings is 4. The van der Waals surface area contributed by atoms with Gasteiger partial charge in [-0.05, 0) is 53.7 Å². The van der Waals surface area contributed by atoms with Gasteiger partial charge in [0.15, 0.2) is 5.11 Å².